The van der Waals surface area contributed by atoms with Gasteiger partial charge in [-0.3, -0.25) is 4.79 Å². The zero-order chi connectivity index (χ0) is 17.2. The van der Waals surface area contributed by atoms with Gasteiger partial charge in [-0.2, -0.15) is 0 Å². The lowest BCUT2D eigenvalue weighted by Gasteiger charge is -2.25. The van der Waals surface area contributed by atoms with E-state index in [1.807, 2.05) is 35.2 Å². The highest BCUT2D eigenvalue weighted by molar-refractivity contribution is 5.88. The maximum atomic E-state index is 12.3. The van der Waals surface area contributed by atoms with E-state index >= 15 is 0 Å². The highest BCUT2D eigenvalue weighted by Crippen LogP contribution is 2.18. The number of amides is 1. The molecule has 1 aromatic rings. The molecule has 0 spiro atoms. The highest BCUT2D eigenvalue weighted by atomic mass is 16.5. The molecule has 0 aliphatic carbocycles. The quantitative estimate of drug-likeness (QED) is 0.530. The fourth-order valence-corrected chi connectivity index (χ4v) is 2.90. The third-order valence-corrected chi connectivity index (χ3v) is 4.39. The summed E-state index contributed by atoms with van der Waals surface area (Å²) in [6.45, 7) is 3.99. The second-order valence-electron chi connectivity index (χ2n) is 6.32. The van der Waals surface area contributed by atoms with Gasteiger partial charge in [-0.05, 0) is 55.4 Å². The summed E-state index contributed by atoms with van der Waals surface area (Å²) in [4.78, 5) is 14.3. The van der Waals surface area contributed by atoms with Gasteiger partial charge in [0.15, 0.2) is 0 Å². The Kier molecular flexibility index (Phi) is 7.60. The molecule has 1 heterocycles. The average Bonchev–Trinajstić information content (AvgIpc) is 2.65. The number of hydrogen-bond donors (Lipinski definition) is 0. The van der Waals surface area contributed by atoms with Crippen molar-refractivity contribution in [2.75, 3.05) is 20.2 Å². The molecular formula is C21H29NO2. The molecule has 0 atom stereocenters. The smallest absolute Gasteiger partial charge is 0.246 e. The third kappa shape index (κ3) is 5.88. The van der Waals surface area contributed by atoms with E-state index in [0.29, 0.717) is 0 Å². The molecule has 0 saturated carbocycles. The first-order valence-electron chi connectivity index (χ1n) is 9.04. The number of hydrogen-bond acceptors (Lipinski definition) is 2. The predicted molar refractivity (Wildman–Crippen MR) is 100 cm³/mol. The number of carbonyl (C=O) groups excluding carboxylic acids is 1. The van der Waals surface area contributed by atoms with E-state index < -0.39 is 0 Å². The Morgan fingerprint density at radius 1 is 1.12 bits per heavy atom. The largest absolute Gasteiger partial charge is 0.497 e. The summed E-state index contributed by atoms with van der Waals surface area (Å²) in [5.41, 5.74) is 2.34. The van der Waals surface area contributed by atoms with Crippen LogP contribution in [0.4, 0.5) is 0 Å². The Hall–Kier alpha value is -2.03. The molecular weight excluding hydrogens is 298 g/mol. The molecule has 1 aliphatic heterocycles. The number of likely N-dealkylation sites (tertiary alicyclic amines) is 1. The number of rotatable bonds is 7. The molecule has 1 aromatic carbocycles. The maximum Gasteiger partial charge on any atom is 0.246 e. The van der Waals surface area contributed by atoms with Gasteiger partial charge in [0.1, 0.15) is 5.75 Å². The summed E-state index contributed by atoms with van der Waals surface area (Å²) in [5.74, 6) is 1.00. The normalized spacial score (nSPS) is 15.8. The summed E-state index contributed by atoms with van der Waals surface area (Å²) < 4.78 is 5.20. The Labute approximate surface area is 146 Å². The van der Waals surface area contributed by atoms with Crippen LogP contribution >= 0.6 is 0 Å². The molecule has 3 nitrogen and oxygen atoms in total. The van der Waals surface area contributed by atoms with Crippen LogP contribution in [-0.4, -0.2) is 31.0 Å². The molecule has 24 heavy (non-hydrogen) atoms. The lowest BCUT2D eigenvalue weighted by molar-refractivity contribution is -0.126. The van der Waals surface area contributed by atoms with Crippen LogP contribution in [0, 0.1) is 0 Å². The van der Waals surface area contributed by atoms with Crippen LogP contribution in [-0.2, 0) is 4.79 Å². The van der Waals surface area contributed by atoms with Gasteiger partial charge in [-0.15, -0.1) is 0 Å². The van der Waals surface area contributed by atoms with E-state index in [1.54, 1.807) is 13.2 Å². The lowest BCUT2D eigenvalue weighted by atomic mass is 10.0. The van der Waals surface area contributed by atoms with Gasteiger partial charge >= 0.3 is 0 Å². The summed E-state index contributed by atoms with van der Waals surface area (Å²) in [5, 5.41) is 0. The van der Waals surface area contributed by atoms with Crippen molar-refractivity contribution in [1.82, 2.24) is 4.90 Å². The van der Waals surface area contributed by atoms with Crippen LogP contribution in [0.1, 0.15) is 51.0 Å². The van der Waals surface area contributed by atoms with E-state index in [1.165, 1.54) is 12.0 Å². The van der Waals surface area contributed by atoms with Crippen molar-refractivity contribution in [1.29, 1.82) is 0 Å². The van der Waals surface area contributed by atoms with Crippen LogP contribution in [0.2, 0.25) is 0 Å². The summed E-state index contributed by atoms with van der Waals surface area (Å²) >= 11 is 0. The van der Waals surface area contributed by atoms with Gasteiger partial charge in [0.05, 0.1) is 7.11 Å². The van der Waals surface area contributed by atoms with E-state index in [-0.39, 0.29) is 5.91 Å². The van der Waals surface area contributed by atoms with E-state index in [9.17, 15) is 4.79 Å². The number of unbranched alkanes of at least 4 members (excludes halogenated alkanes) is 1. The third-order valence-electron chi connectivity index (χ3n) is 4.39. The van der Waals surface area contributed by atoms with E-state index in [2.05, 4.69) is 13.0 Å². The number of carbonyl (C=O) groups is 1. The standard InChI is InChI=1S/C21H29NO2/c1-3-4-8-18(17-19-9-12-20(24-2)13-10-19)11-14-21(23)22-15-6-5-7-16-22/h9-14,17H,3-8,15-16H2,1-2H3/b14-11+,18-17+. The fourth-order valence-electron chi connectivity index (χ4n) is 2.90. The molecule has 1 fully saturated rings. The Bertz CT molecular complexity index is 566. The first-order valence-corrected chi connectivity index (χ1v) is 9.04. The van der Waals surface area contributed by atoms with Crippen LogP contribution < -0.4 is 4.74 Å². The molecule has 0 bridgehead atoms. The average molecular weight is 327 g/mol. The first kappa shape index (κ1) is 18.3. The van der Waals surface area contributed by atoms with Crippen molar-refractivity contribution >= 4 is 12.0 Å². The SMILES string of the molecule is CCCCC(/C=C/C(=O)N1CCCCC1)=C\c1ccc(OC)cc1. The summed E-state index contributed by atoms with van der Waals surface area (Å²) in [7, 11) is 1.67. The van der Waals surface area contributed by atoms with Crippen LogP contribution in [0.25, 0.3) is 6.08 Å². The Balaban J connectivity index is 2.06. The number of benzene rings is 1. The van der Waals surface area contributed by atoms with Crippen molar-refractivity contribution < 1.29 is 9.53 Å². The second kappa shape index (κ2) is 9.96. The summed E-state index contributed by atoms with van der Waals surface area (Å²) in [6.07, 6.45) is 12.7. The number of ether oxygens (including phenoxy) is 1. The van der Waals surface area contributed by atoms with Gasteiger partial charge in [-0.1, -0.05) is 37.6 Å². The number of methoxy groups -OCH3 is 1. The summed E-state index contributed by atoms with van der Waals surface area (Å²) in [6, 6.07) is 8.02. The first-order chi connectivity index (χ1) is 11.7. The second-order valence-corrected chi connectivity index (χ2v) is 6.32. The molecule has 0 radical (unpaired) electrons. The molecule has 0 unspecified atom stereocenters. The minimum Gasteiger partial charge on any atom is -0.497 e. The lowest BCUT2D eigenvalue weighted by Crippen LogP contribution is -2.34. The van der Waals surface area contributed by atoms with Gasteiger partial charge in [0.25, 0.3) is 0 Å². The zero-order valence-corrected chi connectivity index (χ0v) is 15.0. The van der Waals surface area contributed by atoms with Gasteiger partial charge in [0.2, 0.25) is 5.91 Å². The minimum atomic E-state index is 0.145. The molecule has 2 rings (SSSR count). The van der Waals surface area contributed by atoms with Crippen LogP contribution in [0.5, 0.6) is 5.75 Å². The van der Waals surface area contributed by atoms with Crippen molar-refractivity contribution in [3.05, 3.63) is 47.6 Å². The molecule has 1 aliphatic rings. The van der Waals surface area contributed by atoms with Crippen molar-refractivity contribution in [2.24, 2.45) is 0 Å². The van der Waals surface area contributed by atoms with Gasteiger partial charge in [-0.25, -0.2) is 0 Å². The monoisotopic (exact) mass is 327 g/mol. The van der Waals surface area contributed by atoms with Crippen molar-refractivity contribution in [3.8, 4) is 5.75 Å². The molecule has 1 saturated heterocycles. The van der Waals surface area contributed by atoms with Crippen molar-refractivity contribution in [3.63, 3.8) is 0 Å². The fraction of sp³-hybridized carbons (Fsp3) is 0.476. The van der Waals surface area contributed by atoms with E-state index in [4.69, 9.17) is 4.74 Å². The molecule has 0 N–H and O–H groups in total. The van der Waals surface area contributed by atoms with Gasteiger partial charge < -0.3 is 9.64 Å². The zero-order valence-electron chi connectivity index (χ0n) is 15.0. The molecule has 0 aromatic heterocycles. The van der Waals surface area contributed by atoms with Crippen LogP contribution in [0.15, 0.2) is 42.0 Å². The number of allylic oxidation sites excluding steroid dienone is 2. The molecule has 130 valence electrons. The predicted octanol–water partition coefficient (Wildman–Crippen LogP) is 4.84. The van der Waals surface area contributed by atoms with E-state index in [0.717, 1.165) is 56.5 Å². The molecule has 1 amide bonds. The highest BCUT2D eigenvalue weighted by Gasteiger charge is 2.13. The number of piperidine rings is 1. The van der Waals surface area contributed by atoms with Crippen LogP contribution in [0.3, 0.4) is 0 Å². The van der Waals surface area contributed by atoms with Crippen molar-refractivity contribution in [2.45, 2.75) is 45.4 Å². The minimum absolute atomic E-state index is 0.145. The molecule has 3 heteroatoms. The number of nitrogens with zero attached hydrogens (tertiary/aromatic N) is 1. The van der Waals surface area contributed by atoms with Gasteiger partial charge in [0, 0.05) is 19.2 Å². The topological polar surface area (TPSA) is 29.5 Å². The Morgan fingerprint density at radius 2 is 1.83 bits per heavy atom. The Morgan fingerprint density at radius 3 is 2.46 bits per heavy atom. The maximum absolute atomic E-state index is 12.3.